The van der Waals surface area contributed by atoms with Crippen LogP contribution in [0.4, 0.5) is 0 Å². The summed E-state index contributed by atoms with van der Waals surface area (Å²) in [6, 6.07) is 0. The summed E-state index contributed by atoms with van der Waals surface area (Å²) in [5, 5.41) is 10.6. The van der Waals surface area contributed by atoms with Gasteiger partial charge in [-0.2, -0.15) is 5.06 Å². The van der Waals surface area contributed by atoms with E-state index in [9.17, 15) is 10.0 Å². The van der Waals surface area contributed by atoms with Gasteiger partial charge >= 0.3 is 0 Å². The number of hydroxylamine groups is 2. The molecule has 6 nitrogen and oxygen atoms in total. The standard InChI is InChI=1S/C11H16N4O2/c1-13-9-7-15(17)6-8(9)12-10(13)11(16)14-4-2-3-5-14/h17H,2-7H2,1H3. The molecule has 3 heterocycles. The molecular formula is C11H16N4O2. The van der Waals surface area contributed by atoms with E-state index in [1.807, 2.05) is 16.5 Å². The molecule has 1 aromatic rings. The van der Waals surface area contributed by atoms with Gasteiger partial charge in [0.1, 0.15) is 0 Å². The average molecular weight is 236 g/mol. The Morgan fingerprint density at radius 1 is 1.29 bits per heavy atom. The molecule has 1 aromatic heterocycles. The van der Waals surface area contributed by atoms with Crippen LogP contribution in [0.3, 0.4) is 0 Å². The maximum absolute atomic E-state index is 12.2. The second-order valence-corrected chi connectivity index (χ2v) is 4.71. The molecule has 1 amide bonds. The van der Waals surface area contributed by atoms with Gasteiger partial charge < -0.3 is 14.7 Å². The molecule has 0 bridgehead atoms. The summed E-state index contributed by atoms with van der Waals surface area (Å²) in [6.07, 6.45) is 2.17. The first-order valence-corrected chi connectivity index (χ1v) is 5.94. The van der Waals surface area contributed by atoms with Crippen molar-refractivity contribution in [2.75, 3.05) is 13.1 Å². The summed E-state index contributed by atoms with van der Waals surface area (Å²) in [4.78, 5) is 18.4. The van der Waals surface area contributed by atoms with Gasteiger partial charge in [-0.15, -0.1) is 0 Å². The molecule has 92 valence electrons. The van der Waals surface area contributed by atoms with Crippen molar-refractivity contribution >= 4 is 5.91 Å². The molecule has 0 saturated carbocycles. The Bertz CT molecular complexity index is 462. The molecule has 17 heavy (non-hydrogen) atoms. The van der Waals surface area contributed by atoms with E-state index in [1.54, 1.807) is 0 Å². The molecule has 1 fully saturated rings. The molecule has 0 atom stereocenters. The van der Waals surface area contributed by atoms with E-state index in [2.05, 4.69) is 4.98 Å². The predicted molar refractivity (Wildman–Crippen MR) is 59.4 cm³/mol. The highest BCUT2D eigenvalue weighted by atomic mass is 16.5. The van der Waals surface area contributed by atoms with Crippen LogP contribution in [0.1, 0.15) is 34.8 Å². The average Bonchev–Trinajstić information content (AvgIpc) is 2.96. The number of imidazole rings is 1. The third kappa shape index (κ3) is 1.64. The number of rotatable bonds is 1. The molecule has 3 rings (SSSR count). The smallest absolute Gasteiger partial charge is 0.289 e. The summed E-state index contributed by atoms with van der Waals surface area (Å²) in [5.74, 6) is 0.522. The fraction of sp³-hybridized carbons (Fsp3) is 0.636. The lowest BCUT2D eigenvalue weighted by atomic mass is 10.4. The third-order valence-electron chi connectivity index (χ3n) is 3.55. The first kappa shape index (κ1) is 10.7. The fourth-order valence-electron chi connectivity index (χ4n) is 2.57. The maximum atomic E-state index is 12.2. The van der Waals surface area contributed by atoms with Gasteiger partial charge in [0.15, 0.2) is 5.82 Å². The van der Waals surface area contributed by atoms with E-state index < -0.39 is 0 Å². The highest BCUT2D eigenvalue weighted by molar-refractivity contribution is 5.91. The molecule has 0 spiro atoms. The van der Waals surface area contributed by atoms with Crippen LogP contribution in [0, 0.1) is 0 Å². The summed E-state index contributed by atoms with van der Waals surface area (Å²) < 4.78 is 1.81. The minimum Gasteiger partial charge on any atom is -0.336 e. The predicted octanol–water partition coefficient (Wildman–Crippen LogP) is 0.361. The Kier molecular flexibility index (Phi) is 2.41. The zero-order chi connectivity index (χ0) is 12.0. The van der Waals surface area contributed by atoms with Gasteiger partial charge in [-0.05, 0) is 12.8 Å². The van der Waals surface area contributed by atoms with Gasteiger partial charge in [-0.3, -0.25) is 4.79 Å². The minimum atomic E-state index is 0.0175. The molecule has 1 saturated heterocycles. The second kappa shape index (κ2) is 3.82. The van der Waals surface area contributed by atoms with Crippen molar-refractivity contribution in [3.05, 3.63) is 17.2 Å². The lowest BCUT2D eigenvalue weighted by Crippen LogP contribution is -2.30. The van der Waals surface area contributed by atoms with Crippen molar-refractivity contribution in [2.24, 2.45) is 7.05 Å². The number of likely N-dealkylation sites (tertiary alicyclic amines) is 1. The zero-order valence-electron chi connectivity index (χ0n) is 9.89. The van der Waals surface area contributed by atoms with Gasteiger partial charge in [0.25, 0.3) is 5.91 Å². The number of fused-ring (bicyclic) bond motifs is 1. The Balaban J connectivity index is 1.89. The van der Waals surface area contributed by atoms with Gasteiger partial charge in [-0.1, -0.05) is 0 Å². The van der Waals surface area contributed by atoms with Crippen molar-refractivity contribution in [2.45, 2.75) is 25.9 Å². The van der Waals surface area contributed by atoms with Crippen LogP contribution in [0.25, 0.3) is 0 Å². The van der Waals surface area contributed by atoms with E-state index in [0.29, 0.717) is 18.9 Å². The molecule has 6 heteroatoms. The molecule has 2 aliphatic heterocycles. The highest BCUT2D eigenvalue weighted by Gasteiger charge is 2.29. The number of aromatic nitrogens is 2. The van der Waals surface area contributed by atoms with E-state index in [0.717, 1.165) is 37.3 Å². The number of carbonyl (C=O) groups is 1. The van der Waals surface area contributed by atoms with Crippen LogP contribution in [0.15, 0.2) is 0 Å². The van der Waals surface area contributed by atoms with Crippen LogP contribution in [0.5, 0.6) is 0 Å². The summed E-state index contributed by atoms with van der Waals surface area (Å²) in [6.45, 7) is 2.54. The van der Waals surface area contributed by atoms with Crippen LogP contribution in [-0.2, 0) is 20.1 Å². The highest BCUT2D eigenvalue weighted by Crippen LogP contribution is 2.22. The second-order valence-electron chi connectivity index (χ2n) is 4.71. The van der Waals surface area contributed by atoms with Crippen molar-refractivity contribution in [3.8, 4) is 0 Å². The number of hydrogen-bond donors (Lipinski definition) is 1. The number of amides is 1. The molecule has 0 unspecified atom stereocenters. The van der Waals surface area contributed by atoms with Gasteiger partial charge in [-0.25, -0.2) is 4.98 Å². The Hall–Kier alpha value is -1.40. The van der Waals surface area contributed by atoms with Crippen molar-refractivity contribution in [1.82, 2.24) is 19.5 Å². The normalized spacial score (nSPS) is 20.0. The van der Waals surface area contributed by atoms with Crippen LogP contribution >= 0.6 is 0 Å². The number of nitrogens with zero attached hydrogens (tertiary/aromatic N) is 4. The first-order chi connectivity index (χ1) is 8.16. The van der Waals surface area contributed by atoms with Crippen LogP contribution in [-0.4, -0.2) is 43.7 Å². The monoisotopic (exact) mass is 236 g/mol. The van der Waals surface area contributed by atoms with Crippen LogP contribution in [0.2, 0.25) is 0 Å². The largest absolute Gasteiger partial charge is 0.336 e. The SMILES string of the molecule is Cn1c(C(=O)N2CCCC2)nc2c1CN(O)C2. The molecule has 2 aliphatic rings. The Labute approximate surface area is 99.4 Å². The van der Waals surface area contributed by atoms with Crippen LogP contribution < -0.4 is 0 Å². The molecule has 0 radical (unpaired) electrons. The first-order valence-electron chi connectivity index (χ1n) is 5.94. The molecule has 0 aliphatic carbocycles. The van der Waals surface area contributed by atoms with Gasteiger partial charge in [0, 0.05) is 20.1 Å². The van der Waals surface area contributed by atoms with Crippen molar-refractivity contribution < 1.29 is 10.0 Å². The minimum absolute atomic E-state index is 0.0175. The summed E-state index contributed by atoms with van der Waals surface area (Å²) >= 11 is 0. The molecular weight excluding hydrogens is 220 g/mol. The van der Waals surface area contributed by atoms with E-state index in [1.165, 1.54) is 5.06 Å². The van der Waals surface area contributed by atoms with Gasteiger partial charge in [0.2, 0.25) is 0 Å². The van der Waals surface area contributed by atoms with E-state index in [4.69, 9.17) is 0 Å². The lowest BCUT2D eigenvalue weighted by molar-refractivity contribution is -0.0985. The zero-order valence-corrected chi connectivity index (χ0v) is 9.89. The van der Waals surface area contributed by atoms with E-state index >= 15 is 0 Å². The molecule has 1 N–H and O–H groups in total. The molecule has 0 aromatic carbocycles. The van der Waals surface area contributed by atoms with Crippen molar-refractivity contribution in [3.63, 3.8) is 0 Å². The number of carbonyl (C=O) groups excluding carboxylic acids is 1. The summed E-state index contributed by atoms with van der Waals surface area (Å²) in [7, 11) is 1.84. The lowest BCUT2D eigenvalue weighted by Gasteiger charge is -2.15. The summed E-state index contributed by atoms with van der Waals surface area (Å²) in [5.41, 5.74) is 1.76. The number of hydrogen-bond acceptors (Lipinski definition) is 4. The Morgan fingerprint density at radius 3 is 2.65 bits per heavy atom. The third-order valence-corrected chi connectivity index (χ3v) is 3.55. The fourth-order valence-corrected chi connectivity index (χ4v) is 2.57. The van der Waals surface area contributed by atoms with Crippen molar-refractivity contribution in [1.29, 1.82) is 0 Å². The quantitative estimate of drug-likeness (QED) is 0.765. The van der Waals surface area contributed by atoms with Gasteiger partial charge in [0.05, 0.1) is 24.5 Å². The van der Waals surface area contributed by atoms with E-state index in [-0.39, 0.29) is 5.91 Å². The maximum Gasteiger partial charge on any atom is 0.289 e. The topological polar surface area (TPSA) is 61.6 Å². The Morgan fingerprint density at radius 2 is 2.00 bits per heavy atom.